The monoisotopic (exact) mass is 709 g/mol. The van der Waals surface area contributed by atoms with Crippen molar-refractivity contribution in [1.29, 1.82) is 0 Å². The number of β-lactam (4-membered cyclic amide) rings is 1. The Kier molecular flexibility index (Phi) is 12.9. The minimum absolute atomic E-state index is 0.0236. The molecule has 17 nitrogen and oxygen atoms in total. The van der Waals surface area contributed by atoms with E-state index in [-0.39, 0.29) is 29.5 Å². The van der Waals surface area contributed by atoms with Gasteiger partial charge < -0.3 is 40.7 Å². The Morgan fingerprint density at radius 3 is 2.06 bits per heavy atom. The maximum absolute atomic E-state index is 13.6. The zero-order chi connectivity index (χ0) is 37.5. The van der Waals surface area contributed by atoms with Crippen LogP contribution in [0.5, 0.6) is 0 Å². The van der Waals surface area contributed by atoms with Gasteiger partial charge in [0.1, 0.15) is 28.5 Å². The van der Waals surface area contributed by atoms with Crippen molar-refractivity contribution in [3.05, 3.63) is 22.8 Å². The Bertz CT molecular complexity index is 1500. The van der Waals surface area contributed by atoms with Crippen LogP contribution in [0.25, 0.3) is 0 Å². The number of hydrogen-bond donors (Lipinski definition) is 5. The summed E-state index contributed by atoms with van der Waals surface area (Å²) >= 11 is 0.959. The molecule has 1 aliphatic rings. The lowest BCUT2D eigenvalue weighted by Crippen LogP contribution is -2.69. The highest BCUT2D eigenvalue weighted by Crippen LogP contribution is 2.22. The van der Waals surface area contributed by atoms with Gasteiger partial charge in [0.25, 0.3) is 5.91 Å². The van der Waals surface area contributed by atoms with Gasteiger partial charge in [-0.1, -0.05) is 5.16 Å². The quantitative estimate of drug-likeness (QED) is 0.0526. The van der Waals surface area contributed by atoms with Crippen LogP contribution in [0.1, 0.15) is 88.3 Å². The van der Waals surface area contributed by atoms with E-state index < -0.39 is 76.0 Å². The first-order valence-electron chi connectivity index (χ1n) is 15.3. The second-order valence-corrected chi connectivity index (χ2v) is 15.4. The van der Waals surface area contributed by atoms with E-state index in [1.54, 1.807) is 62.3 Å². The first-order chi connectivity index (χ1) is 22.2. The molecular formula is C31H47N7O10S. The Balaban J connectivity index is 2.23. The first-order valence-corrected chi connectivity index (χ1v) is 16.1. The van der Waals surface area contributed by atoms with Gasteiger partial charge in [-0.05, 0) is 76.2 Å². The highest BCUT2D eigenvalue weighted by Gasteiger charge is 2.42. The number of amides is 4. The third kappa shape index (κ3) is 14.1. The number of nitrogens with zero attached hydrogens (tertiary/aromatic N) is 2. The van der Waals surface area contributed by atoms with E-state index in [2.05, 4.69) is 31.4 Å². The summed E-state index contributed by atoms with van der Waals surface area (Å²) in [6.07, 6.45) is -0.471. The molecule has 0 bridgehead atoms. The number of ketones is 1. The van der Waals surface area contributed by atoms with Crippen molar-refractivity contribution in [3.63, 3.8) is 0 Å². The van der Waals surface area contributed by atoms with Crippen molar-refractivity contribution in [1.82, 2.24) is 20.9 Å². The van der Waals surface area contributed by atoms with E-state index in [9.17, 15) is 28.8 Å². The molecule has 0 saturated carbocycles. The van der Waals surface area contributed by atoms with Crippen molar-refractivity contribution < 1.29 is 47.8 Å². The van der Waals surface area contributed by atoms with E-state index in [0.717, 1.165) is 17.4 Å². The number of esters is 1. The molecule has 4 amide bonds. The lowest BCUT2D eigenvalue weighted by molar-refractivity contribution is -0.179. The van der Waals surface area contributed by atoms with Gasteiger partial charge in [0.15, 0.2) is 16.6 Å². The fourth-order valence-corrected chi connectivity index (χ4v) is 4.35. The van der Waals surface area contributed by atoms with Gasteiger partial charge in [-0.3, -0.25) is 19.7 Å². The van der Waals surface area contributed by atoms with Crippen LogP contribution in [0.3, 0.4) is 0 Å². The number of aromatic nitrogens is 1. The Morgan fingerprint density at radius 1 is 0.939 bits per heavy atom. The second kappa shape index (κ2) is 15.7. The number of carbonyl (C=O) groups excluding carboxylic acids is 6. The van der Waals surface area contributed by atoms with Crippen LogP contribution in [0.15, 0.2) is 22.3 Å². The Hall–Kier alpha value is -4.74. The van der Waals surface area contributed by atoms with Gasteiger partial charge in [0.05, 0.1) is 12.6 Å². The molecule has 1 aliphatic heterocycles. The van der Waals surface area contributed by atoms with E-state index in [1.807, 2.05) is 0 Å². The van der Waals surface area contributed by atoms with Gasteiger partial charge >= 0.3 is 18.2 Å². The molecule has 0 aliphatic carbocycles. The van der Waals surface area contributed by atoms with E-state index in [0.29, 0.717) is 0 Å². The molecule has 0 unspecified atom stereocenters. The van der Waals surface area contributed by atoms with Gasteiger partial charge in [0.2, 0.25) is 11.5 Å². The molecule has 0 spiro atoms. The smallest absolute Gasteiger partial charge is 0.413 e. The van der Waals surface area contributed by atoms with Gasteiger partial charge in [-0.2, -0.15) is 0 Å². The minimum atomic E-state index is -1.65. The Labute approximate surface area is 289 Å². The van der Waals surface area contributed by atoms with Gasteiger partial charge in [-0.25, -0.2) is 19.4 Å². The lowest BCUT2D eigenvalue weighted by Gasteiger charge is -2.37. The molecule has 0 aromatic carbocycles. The molecule has 2 heterocycles. The lowest BCUT2D eigenvalue weighted by atomic mass is 9.93. The summed E-state index contributed by atoms with van der Waals surface area (Å²) < 4.78 is 15.7. The molecular weight excluding hydrogens is 662 g/mol. The zero-order valence-electron chi connectivity index (χ0n) is 29.7. The van der Waals surface area contributed by atoms with Gasteiger partial charge in [-0.15, -0.1) is 11.3 Å². The zero-order valence-corrected chi connectivity index (χ0v) is 30.5. The van der Waals surface area contributed by atoms with E-state index in [4.69, 9.17) is 24.8 Å². The summed E-state index contributed by atoms with van der Waals surface area (Å²) in [5.74, 6) is -2.72. The van der Waals surface area contributed by atoms with Crippen molar-refractivity contribution >= 4 is 57.9 Å². The maximum Gasteiger partial charge on any atom is 0.413 e. The third-order valence-electron chi connectivity index (χ3n) is 5.73. The SMILES string of the molecule is CC(C)(C)OC(=O)NCC(=O)C=C(N)C[C@H]1NC(=O)[C@H]1NC(=O)C(=NOC(C)(C)C(=O)OC(C)(C)C)c1csc(NC(=O)OC(C)(C)C)n1. The van der Waals surface area contributed by atoms with Crippen LogP contribution in [0.2, 0.25) is 0 Å². The van der Waals surface area contributed by atoms with Crippen molar-refractivity contribution in [2.75, 3.05) is 11.9 Å². The summed E-state index contributed by atoms with van der Waals surface area (Å²) in [6, 6.07) is -1.81. The standard InChI is InChI=1S/C31H47N7O10S/c1-28(2,3)45-24(42)31(10,11)48-38-21(19-15-49-25(35-19)37-27(44)47-30(7,8)9)23(41)36-20-18(34-22(20)40)13-16(32)12-17(39)14-33-26(43)46-29(4,5)6/h12,15,18,20H,13-14,32H2,1-11H3,(H,33,43)(H,34,40)(H,36,41)(H,35,37,44)/t18-,20+/m1/s1. The van der Waals surface area contributed by atoms with Crippen molar-refractivity contribution in [3.8, 4) is 0 Å². The molecule has 6 N–H and O–H groups in total. The van der Waals surface area contributed by atoms with Crippen LogP contribution in [-0.4, -0.2) is 87.5 Å². The number of oxime groups is 1. The maximum atomic E-state index is 13.6. The minimum Gasteiger partial charge on any atom is -0.457 e. The Morgan fingerprint density at radius 2 is 1.51 bits per heavy atom. The second-order valence-electron chi connectivity index (χ2n) is 14.5. The van der Waals surface area contributed by atoms with Crippen LogP contribution < -0.4 is 27.0 Å². The largest absolute Gasteiger partial charge is 0.457 e. The molecule has 18 heteroatoms. The normalized spacial score (nSPS) is 17.2. The van der Waals surface area contributed by atoms with Crippen LogP contribution in [0, 0.1) is 0 Å². The average Bonchev–Trinajstić information content (AvgIpc) is 3.35. The molecule has 272 valence electrons. The number of hydrogen-bond acceptors (Lipinski definition) is 14. The van der Waals surface area contributed by atoms with Crippen molar-refractivity contribution in [2.24, 2.45) is 10.9 Å². The van der Waals surface area contributed by atoms with Gasteiger partial charge in [0, 0.05) is 23.6 Å². The number of alkyl carbamates (subject to hydrolysis) is 1. The van der Waals surface area contributed by atoms with E-state index >= 15 is 0 Å². The number of nitrogens with two attached hydrogens (primary N) is 1. The topological polar surface area (TPSA) is 239 Å². The molecule has 1 aromatic rings. The van der Waals surface area contributed by atoms with E-state index in [1.165, 1.54) is 19.2 Å². The highest BCUT2D eigenvalue weighted by atomic mass is 32.1. The predicted molar refractivity (Wildman–Crippen MR) is 180 cm³/mol. The van der Waals surface area contributed by atoms with Crippen LogP contribution in [0.4, 0.5) is 14.7 Å². The van der Waals surface area contributed by atoms with Crippen LogP contribution in [-0.2, 0) is 38.2 Å². The summed E-state index contributed by atoms with van der Waals surface area (Å²) in [7, 11) is 0. The molecule has 49 heavy (non-hydrogen) atoms. The first kappa shape index (κ1) is 40.4. The highest BCUT2D eigenvalue weighted by molar-refractivity contribution is 7.14. The van der Waals surface area contributed by atoms with Crippen LogP contribution >= 0.6 is 11.3 Å². The summed E-state index contributed by atoms with van der Waals surface area (Å²) in [4.78, 5) is 84.9. The molecule has 1 saturated heterocycles. The molecule has 2 rings (SSSR count). The number of thiazole rings is 1. The predicted octanol–water partition coefficient (Wildman–Crippen LogP) is 2.64. The van der Waals surface area contributed by atoms with Crippen molar-refractivity contribution in [2.45, 2.75) is 117 Å². The average molecular weight is 710 g/mol. The molecule has 1 aromatic heterocycles. The summed E-state index contributed by atoms with van der Waals surface area (Å²) in [6.45, 7) is 17.6. The number of rotatable bonds is 12. The fraction of sp³-hybridized carbons (Fsp3) is 0.613. The molecule has 2 atom stereocenters. The summed E-state index contributed by atoms with van der Waals surface area (Å²) in [5, 5.41) is 15.4. The third-order valence-corrected chi connectivity index (χ3v) is 6.49. The number of nitrogens with one attached hydrogen (secondary N) is 4. The fourth-order valence-electron chi connectivity index (χ4n) is 3.66. The summed E-state index contributed by atoms with van der Waals surface area (Å²) in [5.41, 5.74) is 1.63. The number of carbonyl (C=O) groups is 6. The molecule has 0 radical (unpaired) electrons. The number of ether oxygens (including phenoxy) is 3. The molecule has 1 fully saturated rings. The number of anilines is 1.